The predicted octanol–water partition coefficient (Wildman–Crippen LogP) is 3.42. The fourth-order valence-electron chi connectivity index (χ4n) is 3.63. The van der Waals surface area contributed by atoms with Gasteiger partial charge in [-0.25, -0.2) is 4.39 Å². The van der Waals surface area contributed by atoms with Crippen molar-refractivity contribution in [2.24, 2.45) is 0 Å². The monoisotopic (exact) mass is 384 g/mol. The van der Waals surface area contributed by atoms with Crippen LogP contribution in [0.2, 0.25) is 0 Å². The summed E-state index contributed by atoms with van der Waals surface area (Å²) in [5.41, 5.74) is 2.26. The second-order valence-corrected chi connectivity index (χ2v) is 7.20. The molecule has 150 valence electrons. The first-order valence-electron chi connectivity index (χ1n) is 9.80. The largest absolute Gasteiger partial charge is 0.497 e. The van der Waals surface area contributed by atoms with E-state index in [1.165, 1.54) is 12.1 Å². The Kier molecular flexibility index (Phi) is 7.60. The summed E-state index contributed by atoms with van der Waals surface area (Å²) in [6.45, 7) is 4.71. The summed E-state index contributed by atoms with van der Waals surface area (Å²) >= 11 is 0. The van der Waals surface area contributed by atoms with Gasteiger partial charge in [-0.05, 0) is 41.8 Å². The van der Waals surface area contributed by atoms with Gasteiger partial charge >= 0.3 is 0 Å². The SMILES string of the molecule is COc1ccc(/C=C/CN2CCN(Cc3ccc(F)cc3)[C@H](CCO)C2)cc1. The van der Waals surface area contributed by atoms with E-state index in [0.29, 0.717) is 6.04 Å². The Hall–Kier alpha value is -2.21. The van der Waals surface area contributed by atoms with E-state index in [1.807, 2.05) is 36.4 Å². The van der Waals surface area contributed by atoms with Crippen LogP contribution in [0, 0.1) is 5.82 Å². The first-order chi connectivity index (χ1) is 13.7. The number of aliphatic hydroxyl groups is 1. The van der Waals surface area contributed by atoms with Gasteiger partial charge in [0.15, 0.2) is 0 Å². The Morgan fingerprint density at radius 1 is 1.11 bits per heavy atom. The van der Waals surface area contributed by atoms with Gasteiger partial charge in [0.05, 0.1) is 7.11 Å². The number of aliphatic hydroxyl groups excluding tert-OH is 1. The fraction of sp³-hybridized carbons (Fsp3) is 0.391. The number of piperazine rings is 1. The molecule has 0 aliphatic carbocycles. The van der Waals surface area contributed by atoms with Crippen molar-refractivity contribution in [3.63, 3.8) is 0 Å². The third-order valence-electron chi connectivity index (χ3n) is 5.24. The van der Waals surface area contributed by atoms with Crippen LogP contribution in [0.15, 0.2) is 54.6 Å². The van der Waals surface area contributed by atoms with E-state index in [2.05, 4.69) is 22.0 Å². The van der Waals surface area contributed by atoms with Crippen molar-refractivity contribution in [2.75, 3.05) is 39.9 Å². The Balaban J connectivity index is 1.53. The summed E-state index contributed by atoms with van der Waals surface area (Å²) in [4.78, 5) is 4.81. The molecule has 1 heterocycles. The molecule has 2 aromatic rings. The molecule has 1 atom stereocenters. The maximum atomic E-state index is 13.1. The zero-order valence-corrected chi connectivity index (χ0v) is 16.4. The van der Waals surface area contributed by atoms with Crippen LogP contribution < -0.4 is 4.74 Å². The first kappa shape index (κ1) is 20.5. The van der Waals surface area contributed by atoms with E-state index in [0.717, 1.165) is 56.0 Å². The van der Waals surface area contributed by atoms with Crippen LogP contribution in [0.4, 0.5) is 4.39 Å². The molecule has 5 heteroatoms. The maximum absolute atomic E-state index is 13.1. The molecule has 2 aromatic carbocycles. The van der Waals surface area contributed by atoms with Crippen molar-refractivity contribution in [2.45, 2.75) is 19.0 Å². The van der Waals surface area contributed by atoms with Crippen LogP contribution >= 0.6 is 0 Å². The number of halogens is 1. The van der Waals surface area contributed by atoms with Crippen molar-refractivity contribution < 1.29 is 14.2 Å². The molecule has 0 amide bonds. The topological polar surface area (TPSA) is 35.9 Å². The number of rotatable bonds is 8. The van der Waals surface area contributed by atoms with Crippen LogP contribution in [-0.2, 0) is 6.54 Å². The summed E-state index contributed by atoms with van der Waals surface area (Å²) < 4.78 is 18.3. The van der Waals surface area contributed by atoms with Gasteiger partial charge in [0.1, 0.15) is 11.6 Å². The number of nitrogens with zero attached hydrogens (tertiary/aromatic N) is 2. The molecule has 1 aliphatic heterocycles. The van der Waals surface area contributed by atoms with E-state index in [-0.39, 0.29) is 12.4 Å². The third kappa shape index (κ3) is 5.89. The van der Waals surface area contributed by atoms with E-state index in [1.54, 1.807) is 7.11 Å². The standard InChI is InChI=1S/C23H29FN2O2/c1-28-23-10-6-19(7-11-23)3-2-13-25-14-15-26(22(18-25)12-16-27)17-20-4-8-21(24)9-5-20/h2-11,22,27H,12-18H2,1H3/b3-2+/t22-/m1/s1. The van der Waals surface area contributed by atoms with Crippen LogP contribution in [0.3, 0.4) is 0 Å². The normalized spacial score (nSPS) is 18.6. The van der Waals surface area contributed by atoms with Crippen LogP contribution in [-0.4, -0.2) is 60.8 Å². The highest BCUT2D eigenvalue weighted by atomic mass is 19.1. The lowest BCUT2D eigenvalue weighted by atomic mass is 10.1. The Morgan fingerprint density at radius 2 is 1.86 bits per heavy atom. The minimum atomic E-state index is -0.205. The highest BCUT2D eigenvalue weighted by molar-refractivity contribution is 5.50. The third-order valence-corrected chi connectivity index (χ3v) is 5.24. The van der Waals surface area contributed by atoms with Gasteiger partial charge in [-0.2, -0.15) is 0 Å². The van der Waals surface area contributed by atoms with Crippen LogP contribution in [0.5, 0.6) is 5.75 Å². The van der Waals surface area contributed by atoms with Gasteiger partial charge in [-0.3, -0.25) is 9.80 Å². The number of hydrogen-bond donors (Lipinski definition) is 1. The minimum Gasteiger partial charge on any atom is -0.497 e. The smallest absolute Gasteiger partial charge is 0.123 e. The lowest BCUT2D eigenvalue weighted by Crippen LogP contribution is -2.52. The van der Waals surface area contributed by atoms with E-state index >= 15 is 0 Å². The van der Waals surface area contributed by atoms with Crippen molar-refractivity contribution in [3.8, 4) is 5.75 Å². The molecule has 0 aromatic heterocycles. The molecular weight excluding hydrogens is 355 g/mol. The predicted molar refractivity (Wildman–Crippen MR) is 111 cm³/mol. The van der Waals surface area contributed by atoms with Crippen LogP contribution in [0.1, 0.15) is 17.5 Å². The highest BCUT2D eigenvalue weighted by Gasteiger charge is 2.26. The molecule has 1 aliphatic rings. The molecule has 0 bridgehead atoms. The highest BCUT2D eigenvalue weighted by Crippen LogP contribution is 2.17. The van der Waals surface area contributed by atoms with Crippen molar-refractivity contribution in [3.05, 3.63) is 71.6 Å². The summed E-state index contributed by atoms with van der Waals surface area (Å²) in [5, 5.41) is 9.47. The molecule has 0 unspecified atom stereocenters. The molecule has 28 heavy (non-hydrogen) atoms. The molecule has 3 rings (SSSR count). The van der Waals surface area contributed by atoms with Crippen molar-refractivity contribution in [1.29, 1.82) is 0 Å². The molecule has 0 radical (unpaired) electrons. The maximum Gasteiger partial charge on any atom is 0.123 e. The molecule has 1 N–H and O–H groups in total. The fourth-order valence-corrected chi connectivity index (χ4v) is 3.63. The second-order valence-electron chi connectivity index (χ2n) is 7.20. The zero-order chi connectivity index (χ0) is 19.8. The van der Waals surface area contributed by atoms with Crippen molar-refractivity contribution in [1.82, 2.24) is 9.80 Å². The van der Waals surface area contributed by atoms with E-state index < -0.39 is 0 Å². The second kappa shape index (κ2) is 10.4. The Bertz CT molecular complexity index is 746. The van der Waals surface area contributed by atoms with Gasteiger partial charge in [-0.15, -0.1) is 0 Å². The van der Waals surface area contributed by atoms with Crippen molar-refractivity contribution >= 4 is 6.08 Å². The average molecular weight is 384 g/mol. The number of benzene rings is 2. The number of methoxy groups -OCH3 is 1. The summed E-state index contributed by atoms with van der Waals surface area (Å²) in [6, 6.07) is 15.0. The van der Waals surface area contributed by atoms with Gasteiger partial charge in [0, 0.05) is 45.4 Å². The van der Waals surface area contributed by atoms with Gasteiger partial charge in [-0.1, -0.05) is 36.4 Å². The summed E-state index contributed by atoms with van der Waals surface area (Å²) in [6.07, 6.45) is 5.07. The van der Waals surface area contributed by atoms with Gasteiger partial charge in [0.25, 0.3) is 0 Å². The number of hydrogen-bond acceptors (Lipinski definition) is 4. The molecule has 0 saturated carbocycles. The van der Waals surface area contributed by atoms with Gasteiger partial charge in [0.2, 0.25) is 0 Å². The lowest BCUT2D eigenvalue weighted by molar-refractivity contribution is 0.0597. The minimum absolute atomic E-state index is 0.181. The molecular formula is C23H29FN2O2. The van der Waals surface area contributed by atoms with Gasteiger partial charge < -0.3 is 9.84 Å². The molecule has 0 spiro atoms. The quantitative estimate of drug-likeness (QED) is 0.757. The Morgan fingerprint density at radius 3 is 2.54 bits per heavy atom. The molecule has 1 saturated heterocycles. The summed E-state index contributed by atoms with van der Waals surface area (Å²) in [7, 11) is 1.67. The molecule has 1 fully saturated rings. The lowest BCUT2D eigenvalue weighted by Gasteiger charge is -2.41. The number of ether oxygens (including phenoxy) is 1. The van der Waals surface area contributed by atoms with Crippen LogP contribution in [0.25, 0.3) is 6.08 Å². The first-order valence-corrected chi connectivity index (χ1v) is 9.80. The van der Waals surface area contributed by atoms with E-state index in [4.69, 9.17) is 4.74 Å². The average Bonchev–Trinajstić information content (AvgIpc) is 2.72. The summed E-state index contributed by atoms with van der Waals surface area (Å²) in [5.74, 6) is 0.658. The Labute approximate surface area is 166 Å². The van der Waals surface area contributed by atoms with E-state index in [9.17, 15) is 9.50 Å². The molecule has 4 nitrogen and oxygen atoms in total. The zero-order valence-electron chi connectivity index (χ0n) is 16.4.